The van der Waals surface area contributed by atoms with E-state index in [1.807, 2.05) is 55.6 Å². The minimum atomic E-state index is 0. The van der Waals surface area contributed by atoms with E-state index in [0.717, 1.165) is 21.3 Å². The number of para-hydroxylation sites is 1. The van der Waals surface area contributed by atoms with Gasteiger partial charge in [-0.05, 0) is 17.7 Å². The number of guanidine groups is 1. The van der Waals surface area contributed by atoms with Gasteiger partial charge in [-0.1, -0.05) is 52.3 Å². The summed E-state index contributed by atoms with van der Waals surface area (Å²) in [6, 6.07) is 15.7. The number of benzene rings is 2. The van der Waals surface area contributed by atoms with Crippen molar-refractivity contribution in [2.45, 2.75) is 19.5 Å². The van der Waals surface area contributed by atoms with Gasteiger partial charge >= 0.3 is 0 Å². The Kier molecular flexibility index (Phi) is 11.7. The zero-order valence-corrected chi connectivity index (χ0v) is 20.9. The number of methoxy groups -OCH3 is 1. The van der Waals surface area contributed by atoms with E-state index >= 15 is 0 Å². The summed E-state index contributed by atoms with van der Waals surface area (Å²) in [4.78, 5) is 18.3. The van der Waals surface area contributed by atoms with Crippen LogP contribution in [0.2, 0.25) is 0 Å². The molecule has 6 nitrogen and oxygen atoms in total. The van der Waals surface area contributed by atoms with Crippen LogP contribution in [0.15, 0.2) is 58.0 Å². The highest BCUT2D eigenvalue weighted by molar-refractivity contribution is 14.0. The van der Waals surface area contributed by atoms with Gasteiger partial charge in [0.05, 0.1) is 7.11 Å². The maximum atomic E-state index is 12.4. The second-order valence-electron chi connectivity index (χ2n) is 6.26. The lowest BCUT2D eigenvalue weighted by Crippen LogP contribution is -2.39. The van der Waals surface area contributed by atoms with Crippen molar-refractivity contribution in [3.05, 3.63) is 64.1 Å². The number of ether oxygens (including phenoxy) is 1. The van der Waals surface area contributed by atoms with Gasteiger partial charge in [0.2, 0.25) is 5.91 Å². The van der Waals surface area contributed by atoms with Crippen molar-refractivity contribution in [3.63, 3.8) is 0 Å². The van der Waals surface area contributed by atoms with Crippen LogP contribution < -0.4 is 15.4 Å². The Morgan fingerprint density at radius 1 is 1.10 bits per heavy atom. The minimum Gasteiger partial charge on any atom is -0.496 e. The molecule has 2 rings (SSSR count). The largest absolute Gasteiger partial charge is 0.496 e. The van der Waals surface area contributed by atoms with Gasteiger partial charge < -0.3 is 20.3 Å². The molecule has 0 aliphatic rings. The topological polar surface area (TPSA) is 66.0 Å². The van der Waals surface area contributed by atoms with Crippen LogP contribution in [0.3, 0.4) is 0 Å². The highest BCUT2D eigenvalue weighted by atomic mass is 127. The fourth-order valence-electron chi connectivity index (χ4n) is 2.70. The van der Waals surface area contributed by atoms with E-state index in [2.05, 4.69) is 31.6 Å². The van der Waals surface area contributed by atoms with Gasteiger partial charge in [0, 0.05) is 50.2 Å². The molecule has 2 aromatic carbocycles. The summed E-state index contributed by atoms with van der Waals surface area (Å²) < 4.78 is 6.36. The Labute approximate surface area is 198 Å². The quantitative estimate of drug-likeness (QED) is 0.286. The van der Waals surface area contributed by atoms with Crippen LogP contribution >= 0.6 is 39.9 Å². The molecule has 0 aliphatic carbocycles. The number of aliphatic imine (C=N–C) groups is 1. The van der Waals surface area contributed by atoms with E-state index in [1.165, 1.54) is 0 Å². The lowest BCUT2D eigenvalue weighted by molar-refractivity contribution is -0.130. The number of carbonyl (C=O) groups excluding carboxylic acids is 1. The zero-order valence-electron chi connectivity index (χ0n) is 16.9. The summed E-state index contributed by atoms with van der Waals surface area (Å²) in [6.45, 7) is 1.66. The van der Waals surface area contributed by atoms with Crippen molar-refractivity contribution < 1.29 is 9.53 Å². The van der Waals surface area contributed by atoms with Crippen molar-refractivity contribution in [2.75, 3.05) is 27.7 Å². The Morgan fingerprint density at radius 2 is 1.76 bits per heavy atom. The zero-order chi connectivity index (χ0) is 20.4. The van der Waals surface area contributed by atoms with E-state index in [9.17, 15) is 4.79 Å². The summed E-state index contributed by atoms with van der Waals surface area (Å²) in [5.74, 6) is 1.55. The van der Waals surface area contributed by atoms with E-state index < -0.39 is 0 Å². The maximum Gasteiger partial charge on any atom is 0.224 e. The monoisotopic (exact) mass is 574 g/mol. The highest BCUT2D eigenvalue weighted by Gasteiger charge is 2.11. The molecule has 0 aliphatic heterocycles. The van der Waals surface area contributed by atoms with E-state index in [4.69, 9.17) is 4.74 Å². The van der Waals surface area contributed by atoms with Crippen LogP contribution in [0.5, 0.6) is 5.75 Å². The second-order valence-corrected chi connectivity index (χ2v) is 7.11. The van der Waals surface area contributed by atoms with Crippen molar-refractivity contribution in [1.82, 2.24) is 15.5 Å². The molecule has 0 saturated carbocycles. The fourth-order valence-corrected chi connectivity index (χ4v) is 3.11. The number of hydrogen-bond acceptors (Lipinski definition) is 3. The third kappa shape index (κ3) is 8.22. The standard InChI is InChI=1S/C21H27BrN4O2.HI/c1-23-21(25-14-16-8-5-7-11-19(16)28-3)24-13-12-20(27)26(2)15-17-9-4-6-10-18(17)22;/h4-11H,12-15H2,1-3H3,(H2,23,24,25);1H. The first-order valence-electron chi connectivity index (χ1n) is 9.09. The molecule has 0 fully saturated rings. The summed E-state index contributed by atoms with van der Waals surface area (Å²) >= 11 is 3.52. The Bertz CT molecular complexity index is 817. The Hall–Kier alpha value is -1.81. The van der Waals surface area contributed by atoms with Crippen molar-refractivity contribution in [2.24, 2.45) is 4.99 Å². The fraction of sp³-hybridized carbons (Fsp3) is 0.333. The van der Waals surface area contributed by atoms with Crippen molar-refractivity contribution in [1.29, 1.82) is 0 Å². The van der Waals surface area contributed by atoms with Gasteiger partial charge in [-0.3, -0.25) is 9.79 Å². The number of amides is 1. The summed E-state index contributed by atoms with van der Waals surface area (Å²) in [5.41, 5.74) is 2.12. The van der Waals surface area contributed by atoms with Crippen LogP contribution in [0.4, 0.5) is 0 Å². The average molecular weight is 575 g/mol. The van der Waals surface area contributed by atoms with E-state index in [-0.39, 0.29) is 29.9 Å². The molecular formula is C21H28BrIN4O2. The van der Waals surface area contributed by atoms with Crippen LogP contribution in [0.1, 0.15) is 17.5 Å². The van der Waals surface area contributed by atoms with Crippen LogP contribution in [0, 0.1) is 0 Å². The third-order valence-corrected chi connectivity index (χ3v) is 5.06. The lowest BCUT2D eigenvalue weighted by Gasteiger charge is -2.19. The van der Waals surface area contributed by atoms with Crippen LogP contribution in [-0.4, -0.2) is 44.5 Å². The average Bonchev–Trinajstić information content (AvgIpc) is 2.72. The molecule has 0 spiro atoms. The molecule has 2 aromatic rings. The number of hydrogen-bond donors (Lipinski definition) is 2. The SMILES string of the molecule is CN=C(NCCC(=O)N(C)Cc1ccccc1Br)NCc1ccccc1OC.I. The Morgan fingerprint density at radius 3 is 2.41 bits per heavy atom. The molecule has 0 aromatic heterocycles. The number of carbonyl (C=O) groups is 1. The first-order chi connectivity index (χ1) is 13.5. The third-order valence-electron chi connectivity index (χ3n) is 4.28. The maximum absolute atomic E-state index is 12.4. The van der Waals surface area contributed by atoms with Crippen LogP contribution in [0.25, 0.3) is 0 Å². The van der Waals surface area contributed by atoms with Gasteiger partial charge in [-0.25, -0.2) is 0 Å². The van der Waals surface area contributed by atoms with Gasteiger partial charge in [0.15, 0.2) is 5.96 Å². The molecule has 0 radical (unpaired) electrons. The van der Waals surface area contributed by atoms with E-state index in [0.29, 0.717) is 32.0 Å². The van der Waals surface area contributed by atoms with Crippen LogP contribution in [-0.2, 0) is 17.9 Å². The van der Waals surface area contributed by atoms with Gasteiger partial charge in [0.1, 0.15) is 5.75 Å². The van der Waals surface area contributed by atoms with Gasteiger partial charge in [-0.2, -0.15) is 0 Å². The smallest absolute Gasteiger partial charge is 0.224 e. The first kappa shape index (κ1) is 25.2. The van der Waals surface area contributed by atoms with Gasteiger partial charge in [-0.15, -0.1) is 24.0 Å². The van der Waals surface area contributed by atoms with E-state index in [1.54, 1.807) is 19.1 Å². The molecule has 158 valence electrons. The van der Waals surface area contributed by atoms with Gasteiger partial charge in [0.25, 0.3) is 0 Å². The molecule has 1 amide bonds. The summed E-state index contributed by atoms with van der Waals surface area (Å²) in [6.07, 6.45) is 0.385. The normalized spacial score (nSPS) is 10.7. The molecule has 0 saturated heterocycles. The molecule has 8 heteroatoms. The predicted octanol–water partition coefficient (Wildman–Crippen LogP) is 3.79. The molecule has 0 atom stereocenters. The molecule has 0 heterocycles. The number of nitrogens with zero attached hydrogens (tertiary/aromatic N) is 2. The minimum absolute atomic E-state index is 0. The summed E-state index contributed by atoms with van der Waals surface area (Å²) in [7, 11) is 5.18. The van der Waals surface area contributed by atoms with Crippen molar-refractivity contribution in [3.8, 4) is 5.75 Å². The molecule has 0 unspecified atom stereocenters. The lowest BCUT2D eigenvalue weighted by atomic mass is 10.2. The number of halogens is 2. The summed E-state index contributed by atoms with van der Waals surface area (Å²) in [5, 5.41) is 6.42. The molecule has 29 heavy (non-hydrogen) atoms. The first-order valence-corrected chi connectivity index (χ1v) is 9.88. The molecule has 0 bridgehead atoms. The number of nitrogens with one attached hydrogen (secondary N) is 2. The molecular weight excluding hydrogens is 547 g/mol. The number of rotatable bonds is 8. The second kappa shape index (κ2) is 13.4. The van der Waals surface area contributed by atoms with Crippen molar-refractivity contribution >= 4 is 51.8 Å². The molecule has 2 N–H and O–H groups in total. The Balaban J connectivity index is 0.00000420. The predicted molar refractivity (Wildman–Crippen MR) is 132 cm³/mol. The highest BCUT2D eigenvalue weighted by Crippen LogP contribution is 2.18.